The molecule has 6 nitrogen and oxygen atoms in total. The molecule has 1 aliphatic carbocycles. The minimum Gasteiger partial charge on any atom is -0.394 e. The molecule has 5 N–H and O–H groups in total. The first-order chi connectivity index (χ1) is 9.26. The highest BCUT2D eigenvalue weighted by molar-refractivity contribution is 8.00. The van der Waals surface area contributed by atoms with Crippen molar-refractivity contribution in [1.82, 2.24) is 0 Å². The zero-order valence-electron chi connectivity index (χ0n) is 11.7. The maximum absolute atomic E-state index is 10.0. The fourth-order valence-corrected chi connectivity index (χ4v) is 4.62. The Morgan fingerprint density at radius 1 is 1.10 bits per heavy atom. The van der Waals surface area contributed by atoms with Crippen molar-refractivity contribution in [2.75, 3.05) is 6.61 Å². The van der Waals surface area contributed by atoms with E-state index in [1.165, 1.54) is 11.8 Å². The van der Waals surface area contributed by atoms with Crippen LogP contribution in [0.15, 0.2) is 0 Å². The molecule has 1 saturated carbocycles. The first-order valence-corrected chi connectivity index (χ1v) is 7.84. The number of aliphatic hydroxyl groups excluding tert-OH is 5. The second-order valence-corrected chi connectivity index (χ2v) is 7.71. The SMILES string of the molecule is CC1(C)CC(O)CC1S[C@H]1O[C@H](CO)[C@H](O)[C@H](O)[C@H]1O. The number of hydrogen-bond acceptors (Lipinski definition) is 7. The molecule has 2 rings (SSSR count). The Balaban J connectivity index is 2.05. The Morgan fingerprint density at radius 3 is 2.25 bits per heavy atom. The first kappa shape index (κ1) is 16.5. The fraction of sp³-hybridized carbons (Fsp3) is 1.00. The maximum atomic E-state index is 10.0. The van der Waals surface area contributed by atoms with Gasteiger partial charge in [0.15, 0.2) is 0 Å². The van der Waals surface area contributed by atoms with Crippen molar-refractivity contribution in [3.05, 3.63) is 0 Å². The maximum Gasteiger partial charge on any atom is 0.132 e. The number of rotatable bonds is 3. The highest BCUT2D eigenvalue weighted by Crippen LogP contribution is 2.47. The summed E-state index contributed by atoms with van der Waals surface area (Å²) >= 11 is 1.36. The Morgan fingerprint density at radius 2 is 1.75 bits per heavy atom. The normalized spacial score (nSPS) is 48.5. The van der Waals surface area contributed by atoms with Gasteiger partial charge in [0.1, 0.15) is 29.9 Å². The van der Waals surface area contributed by atoms with E-state index >= 15 is 0 Å². The van der Waals surface area contributed by atoms with Crippen LogP contribution in [-0.2, 0) is 4.74 Å². The van der Waals surface area contributed by atoms with Crippen molar-refractivity contribution < 1.29 is 30.3 Å². The van der Waals surface area contributed by atoms with E-state index in [1.807, 2.05) is 13.8 Å². The zero-order chi connectivity index (χ0) is 15.1. The van der Waals surface area contributed by atoms with Gasteiger partial charge in [-0.05, 0) is 18.3 Å². The Hall–Kier alpha value is 0.110. The molecule has 0 aromatic heterocycles. The van der Waals surface area contributed by atoms with E-state index in [2.05, 4.69) is 0 Å². The second-order valence-electron chi connectivity index (χ2n) is 6.40. The van der Waals surface area contributed by atoms with Gasteiger partial charge in [0.25, 0.3) is 0 Å². The molecule has 7 atom stereocenters. The molecule has 0 bridgehead atoms. The van der Waals surface area contributed by atoms with Crippen molar-refractivity contribution in [3.8, 4) is 0 Å². The van der Waals surface area contributed by atoms with E-state index in [4.69, 9.17) is 9.84 Å². The minimum atomic E-state index is -1.34. The molecule has 1 heterocycles. The highest BCUT2D eigenvalue weighted by atomic mass is 32.2. The van der Waals surface area contributed by atoms with E-state index in [9.17, 15) is 20.4 Å². The first-order valence-electron chi connectivity index (χ1n) is 6.90. The smallest absolute Gasteiger partial charge is 0.132 e. The lowest BCUT2D eigenvalue weighted by Gasteiger charge is -2.41. The van der Waals surface area contributed by atoms with Gasteiger partial charge in [0.05, 0.1) is 12.7 Å². The molecule has 0 aromatic carbocycles. The second kappa shape index (κ2) is 6.08. The Kier molecular flexibility index (Phi) is 5.01. The summed E-state index contributed by atoms with van der Waals surface area (Å²) in [6.07, 6.45) is -3.84. The van der Waals surface area contributed by atoms with E-state index in [0.29, 0.717) is 12.8 Å². The van der Waals surface area contributed by atoms with Gasteiger partial charge < -0.3 is 30.3 Å². The molecule has 118 valence electrons. The topological polar surface area (TPSA) is 110 Å². The predicted molar refractivity (Wildman–Crippen MR) is 74.2 cm³/mol. The number of aliphatic hydroxyl groups is 5. The summed E-state index contributed by atoms with van der Waals surface area (Å²) in [5.41, 5.74) is -0.816. The summed E-state index contributed by atoms with van der Waals surface area (Å²) in [5.74, 6) is 0. The van der Waals surface area contributed by atoms with Crippen molar-refractivity contribution in [2.45, 2.75) is 67.9 Å². The van der Waals surface area contributed by atoms with Crippen LogP contribution in [0.3, 0.4) is 0 Å². The summed E-state index contributed by atoms with van der Waals surface area (Å²) in [5, 5.41) is 48.5. The number of thioether (sulfide) groups is 1. The average molecular weight is 308 g/mol. The molecule has 1 saturated heterocycles. The van der Waals surface area contributed by atoms with E-state index in [-0.39, 0.29) is 16.8 Å². The van der Waals surface area contributed by atoms with Crippen molar-refractivity contribution >= 4 is 11.8 Å². The third-order valence-corrected chi connectivity index (χ3v) is 6.08. The van der Waals surface area contributed by atoms with Gasteiger partial charge in [0.2, 0.25) is 0 Å². The molecule has 0 amide bonds. The Bertz CT molecular complexity index is 337. The van der Waals surface area contributed by atoms with Gasteiger partial charge in [0, 0.05) is 5.25 Å². The number of ether oxygens (including phenoxy) is 1. The zero-order valence-corrected chi connectivity index (χ0v) is 12.5. The van der Waals surface area contributed by atoms with E-state index in [0.717, 1.165) is 0 Å². The molecule has 2 fully saturated rings. The van der Waals surface area contributed by atoms with Gasteiger partial charge in [-0.25, -0.2) is 0 Å². The molecular formula is C13H24O6S. The fourth-order valence-electron chi connectivity index (χ4n) is 2.97. The minimum absolute atomic E-state index is 0.0823. The molecular weight excluding hydrogens is 284 g/mol. The molecule has 0 spiro atoms. The predicted octanol–water partition coefficient (Wildman–Crippen LogP) is -0.931. The third kappa shape index (κ3) is 3.14. The van der Waals surface area contributed by atoms with Gasteiger partial charge in [-0.15, -0.1) is 11.8 Å². The third-order valence-electron chi connectivity index (χ3n) is 4.27. The van der Waals surface area contributed by atoms with Crippen LogP contribution in [0.5, 0.6) is 0 Å². The van der Waals surface area contributed by atoms with Crippen molar-refractivity contribution in [2.24, 2.45) is 5.41 Å². The molecule has 7 heteroatoms. The van der Waals surface area contributed by atoms with Crippen molar-refractivity contribution in [1.29, 1.82) is 0 Å². The molecule has 2 aliphatic rings. The quantitative estimate of drug-likeness (QED) is 0.458. The van der Waals surface area contributed by atoms with Crippen LogP contribution >= 0.6 is 11.8 Å². The lowest BCUT2D eigenvalue weighted by Crippen LogP contribution is -2.58. The van der Waals surface area contributed by atoms with Gasteiger partial charge in [-0.1, -0.05) is 13.8 Å². The summed E-state index contributed by atoms with van der Waals surface area (Å²) < 4.78 is 5.49. The summed E-state index contributed by atoms with van der Waals surface area (Å²) in [6, 6.07) is 0. The van der Waals surface area contributed by atoms with E-state index < -0.39 is 36.5 Å². The monoisotopic (exact) mass is 308 g/mol. The van der Waals surface area contributed by atoms with Crippen LogP contribution in [0.25, 0.3) is 0 Å². The Labute approximate surface area is 122 Å². The standard InChI is InChI=1S/C13H24O6S/c1-13(2)4-6(15)3-8(13)20-12-11(18)10(17)9(16)7(5-14)19-12/h6-12,14-18H,3-5H2,1-2H3/t6?,7-,8?,9+,10+,11-,12-/m1/s1. The lowest BCUT2D eigenvalue weighted by molar-refractivity contribution is -0.205. The average Bonchev–Trinajstić information content (AvgIpc) is 2.62. The molecule has 1 aliphatic heterocycles. The van der Waals surface area contributed by atoms with Crippen molar-refractivity contribution in [3.63, 3.8) is 0 Å². The summed E-state index contributed by atoms with van der Waals surface area (Å²) in [4.78, 5) is 0. The van der Waals surface area contributed by atoms with Gasteiger partial charge in [-0.2, -0.15) is 0 Å². The van der Waals surface area contributed by atoms with Crippen LogP contribution < -0.4 is 0 Å². The molecule has 20 heavy (non-hydrogen) atoms. The van der Waals surface area contributed by atoms with E-state index in [1.54, 1.807) is 0 Å². The van der Waals surface area contributed by atoms with Crippen LogP contribution in [0, 0.1) is 5.41 Å². The van der Waals surface area contributed by atoms with Crippen LogP contribution in [0.1, 0.15) is 26.7 Å². The molecule has 0 aromatic rings. The lowest BCUT2D eigenvalue weighted by atomic mass is 9.91. The van der Waals surface area contributed by atoms with Gasteiger partial charge in [-0.3, -0.25) is 0 Å². The largest absolute Gasteiger partial charge is 0.394 e. The van der Waals surface area contributed by atoms with Gasteiger partial charge >= 0.3 is 0 Å². The van der Waals surface area contributed by atoms with Crippen LogP contribution in [0.4, 0.5) is 0 Å². The molecule has 0 radical (unpaired) electrons. The highest BCUT2D eigenvalue weighted by Gasteiger charge is 2.48. The van der Waals surface area contributed by atoms with Crippen LogP contribution in [-0.4, -0.2) is 73.3 Å². The summed E-state index contributed by atoms with van der Waals surface area (Å²) in [7, 11) is 0. The van der Waals surface area contributed by atoms with Crippen LogP contribution in [0.2, 0.25) is 0 Å². The summed E-state index contributed by atoms with van der Waals surface area (Å²) in [6.45, 7) is 3.68. The molecule has 2 unspecified atom stereocenters. The number of hydrogen-bond donors (Lipinski definition) is 5.